The number of hydrogen-bond acceptors (Lipinski definition) is 1. The summed E-state index contributed by atoms with van der Waals surface area (Å²) < 4.78 is 20.0. The zero-order valence-electron chi connectivity index (χ0n) is 18.7. The first-order chi connectivity index (χ1) is 15.5. The summed E-state index contributed by atoms with van der Waals surface area (Å²) in [7, 11) is 0. The van der Waals surface area contributed by atoms with Gasteiger partial charge in [-0.05, 0) is 71.2 Å². The maximum Gasteiger partial charge on any atom is 0.165 e. The smallest absolute Gasteiger partial charge is 0.165 e. The van der Waals surface area contributed by atoms with Gasteiger partial charge in [0.1, 0.15) is 5.75 Å². The van der Waals surface area contributed by atoms with Crippen LogP contribution < -0.4 is 4.74 Å². The number of aryl methyl sites for hydroxylation is 1. The number of para-hydroxylation sites is 1. The zero-order chi connectivity index (χ0) is 22.4. The van der Waals surface area contributed by atoms with Crippen LogP contribution in [0.25, 0.3) is 11.1 Å². The van der Waals surface area contributed by atoms with Gasteiger partial charge >= 0.3 is 0 Å². The second-order valence-electron chi connectivity index (χ2n) is 8.86. The molecule has 0 fully saturated rings. The maximum atomic E-state index is 14.2. The van der Waals surface area contributed by atoms with Crippen LogP contribution in [0.15, 0.2) is 103 Å². The standard InChI is InChI=1S/C30H29FO/c1-30(2,26-18-16-25(17-19-26)24-11-5-3-6-12-24)21-9-10-23-15-20-28(31)29(22-23)32-27-13-7-4-8-14-27/h3-8,11-20,22H,9-10,21H2,1-2H3. The van der Waals surface area contributed by atoms with Crippen LogP contribution in [0.2, 0.25) is 0 Å². The van der Waals surface area contributed by atoms with Crippen molar-refractivity contribution in [3.63, 3.8) is 0 Å². The minimum absolute atomic E-state index is 0.0681. The van der Waals surface area contributed by atoms with Crippen LogP contribution in [0.3, 0.4) is 0 Å². The quantitative estimate of drug-likeness (QED) is 0.275. The minimum Gasteiger partial charge on any atom is -0.454 e. The van der Waals surface area contributed by atoms with Gasteiger partial charge in [-0.2, -0.15) is 0 Å². The van der Waals surface area contributed by atoms with Crippen LogP contribution in [0, 0.1) is 5.82 Å². The van der Waals surface area contributed by atoms with E-state index in [0.717, 1.165) is 24.8 Å². The molecule has 1 nitrogen and oxygen atoms in total. The Bertz CT molecular complexity index is 1130. The summed E-state index contributed by atoms with van der Waals surface area (Å²) in [6, 6.07) is 33.9. The zero-order valence-corrected chi connectivity index (χ0v) is 18.7. The molecule has 0 heterocycles. The summed E-state index contributed by atoms with van der Waals surface area (Å²) in [5, 5.41) is 0. The number of benzene rings is 4. The first-order valence-corrected chi connectivity index (χ1v) is 11.2. The molecule has 0 aliphatic rings. The van der Waals surface area contributed by atoms with Crippen LogP contribution in [0.1, 0.15) is 37.8 Å². The van der Waals surface area contributed by atoms with Gasteiger partial charge in [0.25, 0.3) is 0 Å². The third-order valence-corrected chi connectivity index (χ3v) is 6.01. The third-order valence-electron chi connectivity index (χ3n) is 6.01. The van der Waals surface area contributed by atoms with Crippen molar-refractivity contribution in [3.8, 4) is 22.6 Å². The Labute approximate surface area is 190 Å². The van der Waals surface area contributed by atoms with E-state index in [1.807, 2.05) is 48.5 Å². The van der Waals surface area contributed by atoms with E-state index in [4.69, 9.17) is 4.74 Å². The Balaban J connectivity index is 1.37. The lowest BCUT2D eigenvalue weighted by Crippen LogP contribution is -2.17. The maximum absolute atomic E-state index is 14.2. The van der Waals surface area contributed by atoms with Gasteiger partial charge in [-0.25, -0.2) is 4.39 Å². The van der Waals surface area contributed by atoms with E-state index in [1.54, 1.807) is 0 Å². The molecule has 0 saturated heterocycles. The molecule has 0 N–H and O–H groups in total. The molecule has 0 aliphatic heterocycles. The SMILES string of the molecule is CC(C)(CCCc1ccc(F)c(Oc2ccccc2)c1)c1ccc(-c2ccccc2)cc1. The summed E-state index contributed by atoms with van der Waals surface area (Å²) in [6.07, 6.45) is 2.95. The Morgan fingerprint density at radius 3 is 2.03 bits per heavy atom. The second kappa shape index (κ2) is 9.82. The molecule has 0 bridgehead atoms. The average molecular weight is 425 g/mol. The van der Waals surface area contributed by atoms with Crippen LogP contribution >= 0.6 is 0 Å². The van der Waals surface area contributed by atoms with Crippen molar-refractivity contribution in [2.75, 3.05) is 0 Å². The molecule has 0 aliphatic carbocycles. The fourth-order valence-corrected chi connectivity index (χ4v) is 4.02. The van der Waals surface area contributed by atoms with E-state index in [1.165, 1.54) is 22.8 Å². The highest BCUT2D eigenvalue weighted by Crippen LogP contribution is 2.32. The van der Waals surface area contributed by atoms with Gasteiger partial charge < -0.3 is 4.74 Å². The molecular weight excluding hydrogens is 395 g/mol. The number of rotatable bonds is 8. The highest BCUT2D eigenvalue weighted by atomic mass is 19.1. The van der Waals surface area contributed by atoms with Gasteiger partial charge in [-0.15, -0.1) is 0 Å². The van der Waals surface area contributed by atoms with Gasteiger partial charge in [0.05, 0.1) is 0 Å². The lowest BCUT2D eigenvalue weighted by molar-refractivity contribution is 0.439. The number of halogens is 1. The Morgan fingerprint density at radius 2 is 1.34 bits per heavy atom. The van der Waals surface area contributed by atoms with E-state index in [2.05, 4.69) is 62.4 Å². The van der Waals surface area contributed by atoms with Crippen molar-refractivity contribution in [2.45, 2.75) is 38.5 Å². The topological polar surface area (TPSA) is 9.23 Å². The van der Waals surface area contributed by atoms with E-state index >= 15 is 0 Å². The van der Waals surface area contributed by atoms with Gasteiger partial charge in [-0.3, -0.25) is 0 Å². The number of hydrogen-bond donors (Lipinski definition) is 0. The number of ether oxygens (including phenoxy) is 1. The highest BCUT2D eigenvalue weighted by molar-refractivity contribution is 5.63. The van der Waals surface area contributed by atoms with Crippen LogP contribution in [-0.4, -0.2) is 0 Å². The van der Waals surface area contributed by atoms with Crippen molar-refractivity contribution in [1.82, 2.24) is 0 Å². The molecular formula is C30H29FO. The summed E-state index contributed by atoms with van der Waals surface area (Å²) in [5.41, 5.74) is 4.97. The molecule has 4 aromatic carbocycles. The Kier molecular flexibility index (Phi) is 6.70. The fourth-order valence-electron chi connectivity index (χ4n) is 4.02. The first-order valence-electron chi connectivity index (χ1n) is 11.2. The third kappa shape index (κ3) is 5.45. The lowest BCUT2D eigenvalue weighted by atomic mass is 9.79. The van der Waals surface area contributed by atoms with Crippen molar-refractivity contribution in [3.05, 3.63) is 120 Å². The molecule has 0 aromatic heterocycles. The van der Waals surface area contributed by atoms with Crippen molar-refractivity contribution in [1.29, 1.82) is 0 Å². The van der Waals surface area contributed by atoms with Crippen molar-refractivity contribution < 1.29 is 9.13 Å². The normalized spacial score (nSPS) is 11.3. The largest absolute Gasteiger partial charge is 0.454 e. The van der Waals surface area contributed by atoms with Crippen LogP contribution in [0.5, 0.6) is 11.5 Å². The molecule has 2 heteroatoms. The highest BCUT2D eigenvalue weighted by Gasteiger charge is 2.20. The van der Waals surface area contributed by atoms with Gasteiger partial charge in [-0.1, -0.05) is 92.7 Å². The summed E-state index contributed by atoms with van der Waals surface area (Å²) >= 11 is 0. The summed E-state index contributed by atoms with van der Waals surface area (Å²) in [6.45, 7) is 4.58. The second-order valence-corrected chi connectivity index (χ2v) is 8.86. The Morgan fingerprint density at radius 1 is 0.719 bits per heavy atom. The summed E-state index contributed by atoms with van der Waals surface area (Å²) in [4.78, 5) is 0. The van der Waals surface area contributed by atoms with Crippen LogP contribution in [0.4, 0.5) is 4.39 Å². The summed E-state index contributed by atoms with van der Waals surface area (Å²) in [5.74, 6) is 0.588. The van der Waals surface area contributed by atoms with E-state index in [-0.39, 0.29) is 17.0 Å². The monoisotopic (exact) mass is 424 g/mol. The lowest BCUT2D eigenvalue weighted by Gasteiger charge is -2.25. The van der Waals surface area contributed by atoms with Gasteiger partial charge in [0.2, 0.25) is 0 Å². The van der Waals surface area contributed by atoms with Crippen LogP contribution in [-0.2, 0) is 11.8 Å². The van der Waals surface area contributed by atoms with E-state index in [0.29, 0.717) is 5.75 Å². The van der Waals surface area contributed by atoms with Crippen molar-refractivity contribution in [2.24, 2.45) is 0 Å². The Hall–Kier alpha value is -3.39. The molecule has 0 saturated carbocycles. The molecule has 0 atom stereocenters. The molecule has 0 unspecified atom stereocenters. The van der Waals surface area contributed by atoms with Crippen molar-refractivity contribution >= 4 is 0 Å². The molecule has 4 rings (SSSR count). The molecule has 32 heavy (non-hydrogen) atoms. The predicted octanol–water partition coefficient (Wildman–Crippen LogP) is 8.59. The van der Waals surface area contributed by atoms with E-state index < -0.39 is 0 Å². The molecule has 162 valence electrons. The van der Waals surface area contributed by atoms with Gasteiger partial charge in [0.15, 0.2) is 11.6 Å². The predicted molar refractivity (Wildman–Crippen MR) is 131 cm³/mol. The van der Waals surface area contributed by atoms with Gasteiger partial charge in [0, 0.05) is 0 Å². The molecule has 0 amide bonds. The molecule has 0 radical (unpaired) electrons. The molecule has 0 spiro atoms. The minimum atomic E-state index is -0.337. The average Bonchev–Trinajstić information content (AvgIpc) is 2.82. The molecule has 4 aromatic rings. The first kappa shape index (κ1) is 21.8. The fraction of sp³-hybridized carbons (Fsp3) is 0.200. The van der Waals surface area contributed by atoms with E-state index in [9.17, 15) is 4.39 Å².